The number of pyridine rings is 1. The van der Waals surface area contributed by atoms with Crippen molar-refractivity contribution >= 4 is 27.7 Å². The van der Waals surface area contributed by atoms with Gasteiger partial charge in [0.1, 0.15) is 11.7 Å². The molecule has 2 heterocycles. The Labute approximate surface area is 174 Å². The number of hydrogen-bond donors (Lipinski definition) is 1. The van der Waals surface area contributed by atoms with E-state index in [1.807, 2.05) is 13.8 Å². The molecular formula is C20H28BrN3O4. The molecule has 28 heavy (non-hydrogen) atoms. The van der Waals surface area contributed by atoms with Crippen LogP contribution in [0, 0.1) is 11.8 Å². The molecule has 1 aliphatic carbocycles. The van der Waals surface area contributed by atoms with E-state index in [-0.39, 0.29) is 42.4 Å². The highest BCUT2D eigenvalue weighted by atomic mass is 79.9. The Bertz CT molecular complexity index is 740. The van der Waals surface area contributed by atoms with Crippen molar-refractivity contribution in [1.29, 1.82) is 0 Å². The highest BCUT2D eigenvalue weighted by molar-refractivity contribution is 9.10. The van der Waals surface area contributed by atoms with Gasteiger partial charge in [0.2, 0.25) is 11.8 Å². The normalized spacial score (nSPS) is 23.3. The summed E-state index contributed by atoms with van der Waals surface area (Å²) in [6.45, 7) is 4.55. The fraction of sp³-hybridized carbons (Fsp3) is 0.650. The number of hydrogen-bond acceptors (Lipinski definition) is 5. The van der Waals surface area contributed by atoms with Crippen molar-refractivity contribution < 1.29 is 19.4 Å². The first-order valence-corrected chi connectivity index (χ1v) is 10.6. The lowest BCUT2D eigenvalue weighted by molar-refractivity contribution is -0.131. The van der Waals surface area contributed by atoms with E-state index >= 15 is 0 Å². The van der Waals surface area contributed by atoms with E-state index in [2.05, 4.69) is 20.9 Å². The van der Waals surface area contributed by atoms with Crippen LogP contribution in [0.5, 0.6) is 5.88 Å². The third-order valence-corrected chi connectivity index (χ3v) is 5.96. The van der Waals surface area contributed by atoms with Gasteiger partial charge in [0, 0.05) is 36.6 Å². The van der Waals surface area contributed by atoms with Crippen molar-refractivity contribution in [2.45, 2.75) is 45.3 Å². The Kier molecular flexibility index (Phi) is 6.60. The molecule has 1 N–H and O–H groups in total. The number of aromatic nitrogens is 1. The van der Waals surface area contributed by atoms with Crippen LogP contribution in [0.25, 0.3) is 0 Å². The molecule has 3 rings (SSSR count). The minimum absolute atomic E-state index is 0.0345. The van der Waals surface area contributed by atoms with Gasteiger partial charge in [-0.15, -0.1) is 0 Å². The van der Waals surface area contributed by atoms with Gasteiger partial charge in [0.05, 0.1) is 19.2 Å². The molecule has 0 saturated heterocycles. The summed E-state index contributed by atoms with van der Waals surface area (Å²) in [5, 5.41) is 9.63. The fourth-order valence-electron chi connectivity index (χ4n) is 3.39. The van der Waals surface area contributed by atoms with Gasteiger partial charge >= 0.3 is 0 Å². The zero-order valence-corrected chi connectivity index (χ0v) is 18.2. The van der Waals surface area contributed by atoms with Crippen molar-refractivity contribution in [3.05, 3.63) is 22.3 Å². The second-order valence-corrected chi connectivity index (χ2v) is 8.97. The molecule has 8 heteroatoms. The van der Waals surface area contributed by atoms with Gasteiger partial charge in [-0.1, -0.05) is 6.92 Å². The molecule has 1 fully saturated rings. The predicted molar refractivity (Wildman–Crippen MR) is 108 cm³/mol. The van der Waals surface area contributed by atoms with Crippen molar-refractivity contribution in [1.82, 2.24) is 14.8 Å². The smallest absolute Gasteiger partial charge is 0.259 e. The maximum Gasteiger partial charge on any atom is 0.259 e. The van der Waals surface area contributed by atoms with Crippen LogP contribution in [0.4, 0.5) is 0 Å². The number of carbonyl (C=O) groups is 2. The molecule has 154 valence electrons. The van der Waals surface area contributed by atoms with E-state index in [0.29, 0.717) is 35.5 Å². The SMILES string of the molecule is C[C@@H]1CN([C@H](C)CO)C(=O)c2cc(Br)cnc2O[C@@H]1CN(C)C(=O)CC1CC1. The molecule has 1 aromatic rings. The van der Waals surface area contributed by atoms with Gasteiger partial charge in [0.15, 0.2) is 0 Å². The number of fused-ring (bicyclic) bond motifs is 1. The van der Waals surface area contributed by atoms with E-state index in [0.717, 1.165) is 12.8 Å². The van der Waals surface area contributed by atoms with Gasteiger partial charge in [-0.25, -0.2) is 4.98 Å². The summed E-state index contributed by atoms with van der Waals surface area (Å²) < 4.78 is 6.82. The maximum absolute atomic E-state index is 13.1. The van der Waals surface area contributed by atoms with E-state index in [4.69, 9.17) is 4.74 Å². The molecule has 1 saturated carbocycles. The lowest BCUT2D eigenvalue weighted by atomic mass is 10.00. The van der Waals surface area contributed by atoms with Gasteiger partial charge < -0.3 is 19.6 Å². The first-order valence-electron chi connectivity index (χ1n) is 9.78. The largest absolute Gasteiger partial charge is 0.472 e. The summed E-state index contributed by atoms with van der Waals surface area (Å²) in [5.41, 5.74) is 0.360. The first-order chi connectivity index (χ1) is 13.3. The van der Waals surface area contributed by atoms with E-state index in [1.54, 1.807) is 29.1 Å². The van der Waals surface area contributed by atoms with Crippen LogP contribution in [-0.4, -0.2) is 70.6 Å². The molecule has 0 bridgehead atoms. The molecule has 3 atom stereocenters. The van der Waals surface area contributed by atoms with Crippen LogP contribution < -0.4 is 4.74 Å². The zero-order valence-electron chi connectivity index (χ0n) is 16.6. The van der Waals surface area contributed by atoms with Gasteiger partial charge in [-0.05, 0) is 47.7 Å². The molecule has 0 spiro atoms. The molecule has 1 aliphatic heterocycles. The van der Waals surface area contributed by atoms with Crippen LogP contribution in [0.3, 0.4) is 0 Å². The third kappa shape index (κ3) is 4.84. The van der Waals surface area contributed by atoms with Crippen LogP contribution >= 0.6 is 15.9 Å². The second-order valence-electron chi connectivity index (χ2n) is 8.05. The second kappa shape index (κ2) is 8.78. The van der Waals surface area contributed by atoms with E-state index < -0.39 is 0 Å². The molecule has 2 amide bonds. The van der Waals surface area contributed by atoms with Crippen molar-refractivity contribution in [2.75, 3.05) is 26.7 Å². The molecule has 2 aliphatic rings. The summed E-state index contributed by atoms with van der Waals surface area (Å²) in [5.74, 6) is 0.675. The Hall–Kier alpha value is -1.67. The molecule has 0 aromatic carbocycles. The molecule has 1 aromatic heterocycles. The summed E-state index contributed by atoms with van der Waals surface area (Å²) in [6, 6.07) is 1.37. The average Bonchev–Trinajstić information content (AvgIpc) is 3.48. The van der Waals surface area contributed by atoms with Gasteiger partial charge in [0.25, 0.3) is 5.91 Å². The topological polar surface area (TPSA) is 83.0 Å². The number of nitrogens with zero attached hydrogens (tertiary/aromatic N) is 3. The van der Waals surface area contributed by atoms with Crippen LogP contribution in [0.1, 0.15) is 43.5 Å². The molecule has 0 unspecified atom stereocenters. The Balaban J connectivity index is 1.85. The van der Waals surface area contributed by atoms with Crippen LogP contribution in [0.15, 0.2) is 16.7 Å². The van der Waals surface area contributed by atoms with Crippen molar-refractivity contribution in [3.63, 3.8) is 0 Å². The Morgan fingerprint density at radius 3 is 2.86 bits per heavy atom. The van der Waals surface area contributed by atoms with Crippen molar-refractivity contribution in [2.24, 2.45) is 11.8 Å². The highest BCUT2D eigenvalue weighted by Crippen LogP contribution is 2.33. The predicted octanol–water partition coefficient (Wildman–Crippen LogP) is 2.32. The number of ether oxygens (including phenoxy) is 1. The summed E-state index contributed by atoms with van der Waals surface area (Å²) in [4.78, 5) is 33.2. The first kappa shape index (κ1) is 21.0. The number of amides is 2. The number of likely N-dealkylation sites (N-methyl/N-ethyl adjacent to an activating group) is 1. The molecular weight excluding hydrogens is 426 g/mol. The number of halogens is 1. The highest BCUT2D eigenvalue weighted by Gasteiger charge is 2.35. The van der Waals surface area contributed by atoms with Gasteiger partial charge in [-0.2, -0.15) is 0 Å². The van der Waals surface area contributed by atoms with Gasteiger partial charge in [-0.3, -0.25) is 9.59 Å². The lowest BCUT2D eigenvalue weighted by Crippen LogP contribution is -2.50. The fourth-order valence-corrected chi connectivity index (χ4v) is 3.72. The Morgan fingerprint density at radius 1 is 1.50 bits per heavy atom. The maximum atomic E-state index is 13.1. The number of carbonyl (C=O) groups excluding carboxylic acids is 2. The van der Waals surface area contributed by atoms with Crippen LogP contribution in [0.2, 0.25) is 0 Å². The number of aliphatic hydroxyl groups excluding tert-OH is 1. The summed E-state index contributed by atoms with van der Waals surface area (Å²) in [7, 11) is 1.80. The summed E-state index contributed by atoms with van der Waals surface area (Å²) >= 11 is 3.36. The average molecular weight is 454 g/mol. The van der Waals surface area contributed by atoms with Crippen LogP contribution in [-0.2, 0) is 4.79 Å². The Morgan fingerprint density at radius 2 is 2.21 bits per heavy atom. The zero-order chi connectivity index (χ0) is 20.4. The number of aliphatic hydroxyl groups is 1. The minimum Gasteiger partial charge on any atom is -0.472 e. The molecule has 7 nitrogen and oxygen atoms in total. The van der Waals surface area contributed by atoms with E-state index in [9.17, 15) is 14.7 Å². The molecule has 0 radical (unpaired) electrons. The standard InChI is InChI=1S/C20H28BrN3O4/c1-12-9-24(13(2)11-25)20(27)16-7-15(21)8-22-19(16)28-17(12)10-23(3)18(26)6-14-4-5-14/h7-8,12-14,17,25H,4-6,9-11H2,1-3H3/t12-,13-,17-/m1/s1. The quantitative estimate of drug-likeness (QED) is 0.714. The lowest BCUT2D eigenvalue weighted by Gasteiger charge is -2.37. The minimum atomic E-state index is -0.324. The summed E-state index contributed by atoms with van der Waals surface area (Å²) in [6.07, 6.45) is 4.15. The third-order valence-electron chi connectivity index (χ3n) is 5.53. The van der Waals surface area contributed by atoms with Crippen molar-refractivity contribution in [3.8, 4) is 5.88 Å². The monoisotopic (exact) mass is 453 g/mol. The van der Waals surface area contributed by atoms with E-state index in [1.165, 1.54) is 0 Å². The number of rotatable bonds is 6.